The van der Waals surface area contributed by atoms with E-state index in [9.17, 15) is 14.7 Å². The van der Waals surface area contributed by atoms with E-state index in [1.807, 2.05) is 18.2 Å². The molecule has 1 amide bonds. The number of furan rings is 1. The smallest absolute Gasteiger partial charge is 0.337 e. The molecule has 8 heteroatoms. The molecular formula is C22H27N3O5. The van der Waals surface area contributed by atoms with Crippen molar-refractivity contribution in [3.8, 4) is 0 Å². The highest BCUT2D eigenvalue weighted by atomic mass is 16.5. The number of rotatable bonds is 5. The van der Waals surface area contributed by atoms with Crippen molar-refractivity contribution in [2.45, 2.75) is 25.8 Å². The number of carbonyl (C=O) groups is 2. The Hall–Kier alpha value is -2.84. The molecule has 0 radical (unpaired) electrons. The topological polar surface area (TPSA) is 95.2 Å². The maximum absolute atomic E-state index is 12.8. The molecule has 160 valence electrons. The highest BCUT2D eigenvalue weighted by Gasteiger charge is 2.35. The Balaban J connectivity index is 1.73. The number of carbonyl (C=O) groups excluding carboxylic acids is 2. The summed E-state index contributed by atoms with van der Waals surface area (Å²) in [5.74, 6) is 0.410. The molecule has 2 aliphatic rings. The summed E-state index contributed by atoms with van der Waals surface area (Å²) < 4.78 is 11.0. The fraction of sp³-hybridized carbons (Fsp3) is 0.455. The Morgan fingerprint density at radius 3 is 2.83 bits per heavy atom. The number of nitrogens with one attached hydrogen (secondary N) is 1. The maximum Gasteiger partial charge on any atom is 0.337 e. The van der Waals surface area contributed by atoms with Crippen molar-refractivity contribution >= 4 is 28.5 Å². The van der Waals surface area contributed by atoms with Crippen LogP contribution in [0.4, 0.5) is 5.69 Å². The van der Waals surface area contributed by atoms with Gasteiger partial charge in [-0.15, -0.1) is 0 Å². The van der Waals surface area contributed by atoms with Crippen molar-refractivity contribution in [1.29, 1.82) is 0 Å². The summed E-state index contributed by atoms with van der Waals surface area (Å²) in [6.07, 6.45) is 0. The van der Waals surface area contributed by atoms with E-state index >= 15 is 0 Å². The van der Waals surface area contributed by atoms with Gasteiger partial charge in [-0.2, -0.15) is 0 Å². The number of methoxy groups -OCH3 is 1. The third kappa shape index (κ3) is 3.26. The fourth-order valence-electron chi connectivity index (χ4n) is 4.40. The van der Waals surface area contributed by atoms with Gasteiger partial charge in [0.25, 0.3) is 5.91 Å². The highest BCUT2D eigenvalue weighted by Crippen LogP contribution is 2.42. The molecule has 2 atom stereocenters. The molecule has 0 saturated carbocycles. The van der Waals surface area contributed by atoms with Crippen LogP contribution >= 0.6 is 0 Å². The van der Waals surface area contributed by atoms with Gasteiger partial charge in [0.2, 0.25) is 0 Å². The zero-order chi connectivity index (χ0) is 21.6. The van der Waals surface area contributed by atoms with Gasteiger partial charge in [-0.3, -0.25) is 9.69 Å². The Morgan fingerprint density at radius 2 is 2.13 bits per heavy atom. The van der Waals surface area contributed by atoms with Crippen LogP contribution in [0.3, 0.4) is 0 Å². The van der Waals surface area contributed by atoms with E-state index in [1.165, 1.54) is 12.0 Å². The minimum atomic E-state index is -0.558. The number of fused-ring (bicyclic) bond motifs is 3. The molecule has 2 N–H and O–H groups in total. The lowest BCUT2D eigenvalue weighted by Gasteiger charge is -2.33. The molecule has 0 saturated heterocycles. The number of hydrogen-bond acceptors (Lipinski definition) is 7. The van der Waals surface area contributed by atoms with E-state index in [4.69, 9.17) is 9.15 Å². The van der Waals surface area contributed by atoms with E-state index in [2.05, 4.69) is 31.1 Å². The summed E-state index contributed by atoms with van der Waals surface area (Å²) in [6, 6.07) is 5.90. The van der Waals surface area contributed by atoms with Gasteiger partial charge in [0.15, 0.2) is 0 Å². The summed E-state index contributed by atoms with van der Waals surface area (Å²) in [4.78, 5) is 28.7. The van der Waals surface area contributed by atoms with Gasteiger partial charge in [0.1, 0.15) is 17.0 Å². The monoisotopic (exact) mass is 413 g/mol. The second-order valence-corrected chi connectivity index (χ2v) is 8.03. The molecule has 0 fully saturated rings. The quantitative estimate of drug-likeness (QED) is 0.726. The molecular weight excluding hydrogens is 386 g/mol. The third-order valence-electron chi connectivity index (χ3n) is 6.07. The van der Waals surface area contributed by atoms with Crippen LogP contribution in [0.1, 0.15) is 37.1 Å². The van der Waals surface area contributed by atoms with Crippen LogP contribution in [-0.4, -0.2) is 67.2 Å². The van der Waals surface area contributed by atoms with Crippen LogP contribution < -0.4 is 5.32 Å². The van der Waals surface area contributed by atoms with Gasteiger partial charge >= 0.3 is 5.97 Å². The van der Waals surface area contributed by atoms with E-state index < -0.39 is 5.97 Å². The van der Waals surface area contributed by atoms with Gasteiger partial charge in [0, 0.05) is 41.7 Å². The Bertz CT molecular complexity index is 1040. The van der Waals surface area contributed by atoms with Crippen LogP contribution in [0, 0.1) is 0 Å². The molecule has 30 heavy (non-hydrogen) atoms. The van der Waals surface area contributed by atoms with Crippen molar-refractivity contribution in [1.82, 2.24) is 9.80 Å². The van der Waals surface area contributed by atoms with E-state index in [0.717, 1.165) is 28.8 Å². The first kappa shape index (κ1) is 20.4. The third-order valence-corrected chi connectivity index (χ3v) is 6.07. The molecule has 8 nitrogen and oxygen atoms in total. The number of aliphatic hydroxyl groups is 1. The van der Waals surface area contributed by atoms with Gasteiger partial charge in [-0.05, 0) is 32.2 Å². The average Bonchev–Trinajstić information content (AvgIpc) is 3.25. The second-order valence-electron chi connectivity index (χ2n) is 8.03. The van der Waals surface area contributed by atoms with Crippen LogP contribution in [0.2, 0.25) is 0 Å². The first-order valence-electron chi connectivity index (χ1n) is 10.1. The van der Waals surface area contributed by atoms with Crippen molar-refractivity contribution in [3.63, 3.8) is 0 Å². The highest BCUT2D eigenvalue weighted by molar-refractivity contribution is 6.08. The summed E-state index contributed by atoms with van der Waals surface area (Å²) in [5.41, 5.74) is 3.10. The lowest BCUT2D eigenvalue weighted by molar-refractivity contribution is -0.136. The summed E-state index contributed by atoms with van der Waals surface area (Å²) in [6.45, 7) is 5.33. The summed E-state index contributed by atoms with van der Waals surface area (Å²) in [7, 11) is 3.39. The van der Waals surface area contributed by atoms with Gasteiger partial charge in [0.05, 0.1) is 25.8 Å². The van der Waals surface area contributed by atoms with Gasteiger partial charge < -0.3 is 24.5 Å². The number of benzene rings is 1. The average molecular weight is 413 g/mol. The van der Waals surface area contributed by atoms with Gasteiger partial charge in [-0.1, -0.05) is 6.92 Å². The predicted octanol–water partition coefficient (Wildman–Crippen LogP) is 2.22. The molecule has 2 unspecified atom stereocenters. The number of esters is 1. The van der Waals surface area contributed by atoms with Crippen LogP contribution in [-0.2, 0) is 14.3 Å². The summed E-state index contributed by atoms with van der Waals surface area (Å²) in [5, 5.41) is 13.3. The Kier molecular flexibility index (Phi) is 5.29. The van der Waals surface area contributed by atoms with Gasteiger partial charge in [-0.25, -0.2) is 4.79 Å². The number of ether oxygens (including phenoxy) is 1. The molecule has 2 aromatic rings. The number of nitrogens with zero attached hydrogens (tertiary/aromatic N) is 2. The number of amides is 1. The molecule has 4 rings (SSSR count). The maximum atomic E-state index is 12.8. The van der Waals surface area contributed by atoms with E-state index in [-0.39, 0.29) is 42.9 Å². The SMILES string of the molecule is COC(=O)C1=C(Nc2ccc3oc4c(c3c2)C(C)N(C)CC4C)C(=O)N(CCO)C1. The largest absolute Gasteiger partial charge is 0.466 e. The normalized spacial score (nSPS) is 22.0. The number of likely N-dealkylation sites (N-methyl/N-ethyl adjacent to an activating group) is 1. The molecule has 2 aliphatic heterocycles. The molecule has 1 aromatic carbocycles. The Labute approximate surface area is 175 Å². The molecule has 1 aromatic heterocycles. The van der Waals surface area contributed by atoms with Crippen LogP contribution in [0.15, 0.2) is 33.9 Å². The van der Waals surface area contributed by atoms with Crippen molar-refractivity contribution in [2.24, 2.45) is 0 Å². The lowest BCUT2D eigenvalue weighted by Crippen LogP contribution is -2.31. The number of β-amino-alcohol motifs (C(OH)–C–C–N with tert-alkyl or cyclic N) is 1. The zero-order valence-electron chi connectivity index (χ0n) is 17.7. The molecule has 0 aliphatic carbocycles. The first-order valence-corrected chi connectivity index (χ1v) is 10.1. The molecule has 0 bridgehead atoms. The summed E-state index contributed by atoms with van der Waals surface area (Å²) >= 11 is 0. The van der Waals surface area contributed by atoms with E-state index in [1.54, 1.807) is 0 Å². The lowest BCUT2D eigenvalue weighted by atomic mass is 9.92. The van der Waals surface area contributed by atoms with Crippen molar-refractivity contribution in [2.75, 3.05) is 45.7 Å². The predicted molar refractivity (Wildman–Crippen MR) is 112 cm³/mol. The number of anilines is 1. The molecule has 3 heterocycles. The Morgan fingerprint density at radius 1 is 1.37 bits per heavy atom. The van der Waals surface area contributed by atoms with Crippen LogP contribution in [0.5, 0.6) is 0 Å². The number of aliphatic hydroxyl groups excluding tert-OH is 1. The second kappa shape index (κ2) is 7.77. The van der Waals surface area contributed by atoms with E-state index in [0.29, 0.717) is 11.6 Å². The first-order chi connectivity index (χ1) is 14.3. The van der Waals surface area contributed by atoms with Crippen molar-refractivity contribution < 1.29 is 23.8 Å². The van der Waals surface area contributed by atoms with Crippen molar-refractivity contribution in [3.05, 3.63) is 40.8 Å². The standard InChI is InChI=1S/C22H27N3O5/c1-12-10-24(3)13(2)18-15-9-14(5-6-17(15)30-20(12)18)23-19-16(22(28)29-4)11-25(7-8-26)21(19)27/h5-6,9,12-13,23,26H,7-8,10-11H2,1-4H3. The fourth-order valence-corrected chi connectivity index (χ4v) is 4.40. The minimum Gasteiger partial charge on any atom is -0.466 e. The minimum absolute atomic E-state index is 0.108. The molecule has 0 spiro atoms. The zero-order valence-corrected chi connectivity index (χ0v) is 17.7. The number of hydrogen-bond donors (Lipinski definition) is 2. The van der Waals surface area contributed by atoms with Crippen LogP contribution in [0.25, 0.3) is 11.0 Å².